The third-order valence-electron chi connectivity index (χ3n) is 2.19. The first-order valence-electron chi connectivity index (χ1n) is 5.39. The number of carbonyl (C=O) groups excluding carboxylic acids is 2. The molecule has 1 atom stereocenters. The highest BCUT2D eigenvalue weighted by molar-refractivity contribution is 5.85. The predicted octanol–water partition coefficient (Wildman–Crippen LogP) is -5.76. The predicted molar refractivity (Wildman–Crippen MR) is 51.9 cm³/mol. The lowest BCUT2D eigenvalue weighted by Gasteiger charge is -2.25. The van der Waals surface area contributed by atoms with Gasteiger partial charge in [-0.3, -0.25) is 4.79 Å². The zero-order valence-electron chi connectivity index (χ0n) is 11.4. The lowest BCUT2D eigenvalue weighted by atomic mass is 9.87. The van der Waals surface area contributed by atoms with Crippen LogP contribution < -0.4 is 23.6 Å². The number of nitrogens with one attached hydrogen (secondary N) is 1. The van der Waals surface area contributed by atoms with Gasteiger partial charge in [0.15, 0.2) is 0 Å². The number of halogens is 1. The Balaban J connectivity index is 0.000000621. The highest BCUT2D eigenvalue weighted by Gasteiger charge is 2.46. The van der Waals surface area contributed by atoms with Crippen LogP contribution in [0.2, 0.25) is 0 Å². The Morgan fingerprint density at radius 2 is 1.85 bits per heavy atom. The molecule has 0 aromatic carbocycles. The number of hydrogen-bond donors (Lipinski definition) is 1. The summed E-state index contributed by atoms with van der Waals surface area (Å²) in [4.78, 5) is 24.7. The second kappa shape index (κ2) is 6.95. The summed E-state index contributed by atoms with van der Waals surface area (Å²) >= 11 is 0. The van der Waals surface area contributed by atoms with Crippen LogP contribution in [0.15, 0.2) is 0 Å². The zero-order valence-corrected chi connectivity index (χ0v) is 12.2. The molecular weight excluding hydrogens is 298 g/mol. The third kappa shape index (κ3) is 8.02. The molecule has 1 unspecified atom stereocenters. The molecule has 0 saturated carbocycles. The van der Waals surface area contributed by atoms with Gasteiger partial charge in [-0.15, -0.1) is 15.2 Å². The summed E-state index contributed by atoms with van der Waals surface area (Å²) in [5, 5.41) is 0. The second-order valence-electron chi connectivity index (χ2n) is 4.69. The molecule has 116 valence electrons. The van der Waals surface area contributed by atoms with E-state index in [0.29, 0.717) is 5.90 Å². The number of carbonyl (C=O) groups is 2. The Morgan fingerprint density at radius 1 is 1.40 bits per heavy atom. The minimum Gasteiger partial charge on any atom is -0.465 e. The van der Waals surface area contributed by atoms with E-state index in [0.717, 1.165) is 0 Å². The van der Waals surface area contributed by atoms with E-state index in [1.54, 1.807) is 6.92 Å². The molecule has 0 aromatic rings. The number of rotatable bonds is 3. The van der Waals surface area contributed by atoms with E-state index in [1.807, 2.05) is 13.8 Å². The van der Waals surface area contributed by atoms with Gasteiger partial charge in [-0.25, -0.2) is 23.4 Å². The molecule has 1 N–H and O–H groups in total. The van der Waals surface area contributed by atoms with Crippen LogP contribution in [0.4, 0.5) is 0 Å². The average Bonchev–Trinajstić information content (AvgIpc) is 2.53. The molecule has 1 rings (SSSR count). The van der Waals surface area contributed by atoms with Crippen molar-refractivity contribution in [3.8, 4) is 0 Å². The fourth-order valence-electron chi connectivity index (χ4n) is 1.38. The van der Waals surface area contributed by atoms with Crippen LogP contribution in [0.1, 0.15) is 27.7 Å². The molecule has 0 radical (unpaired) electrons. The van der Waals surface area contributed by atoms with Crippen LogP contribution in [0.3, 0.4) is 0 Å². The normalized spacial score (nSPS) is 18.7. The summed E-state index contributed by atoms with van der Waals surface area (Å²) in [6.07, 6.45) is -0.600. The van der Waals surface area contributed by atoms with Crippen molar-refractivity contribution in [1.29, 1.82) is 0 Å². The van der Waals surface area contributed by atoms with Crippen molar-refractivity contribution >= 4 is 17.8 Å². The Labute approximate surface area is 117 Å². The molecule has 1 amide bonds. The van der Waals surface area contributed by atoms with Gasteiger partial charge in [-0.05, 0) is 0 Å². The standard InChI is InChI=1S/C10H15NO4.ClHO4/c1-6-11-9(13)8(15-6)10(3,4)5-14-7(2)12;2-1(3,4)5/h8H,5H2,1-4H3;(H,2,3,4,5). The Morgan fingerprint density at radius 3 is 2.15 bits per heavy atom. The van der Waals surface area contributed by atoms with Crippen LogP contribution >= 0.6 is 0 Å². The minimum absolute atomic E-state index is 0.160. The largest absolute Gasteiger partial charge is 0.465 e. The van der Waals surface area contributed by atoms with Gasteiger partial charge < -0.3 is 9.47 Å². The Bertz CT molecular complexity index is 395. The van der Waals surface area contributed by atoms with Crippen molar-refractivity contribution in [2.24, 2.45) is 5.41 Å². The van der Waals surface area contributed by atoms with E-state index in [4.69, 9.17) is 28.1 Å². The van der Waals surface area contributed by atoms with Gasteiger partial charge in [0.25, 0.3) is 0 Å². The molecule has 0 spiro atoms. The maximum absolute atomic E-state index is 11.5. The third-order valence-corrected chi connectivity index (χ3v) is 2.19. The number of esters is 1. The van der Waals surface area contributed by atoms with Crippen LogP contribution in [0.25, 0.3) is 0 Å². The maximum atomic E-state index is 11.5. The molecule has 0 aliphatic carbocycles. The molecule has 0 saturated heterocycles. The van der Waals surface area contributed by atoms with E-state index in [1.165, 1.54) is 6.92 Å². The van der Waals surface area contributed by atoms with Gasteiger partial charge >= 0.3 is 17.8 Å². The molecule has 1 heterocycles. The molecule has 20 heavy (non-hydrogen) atoms. The summed E-state index contributed by atoms with van der Waals surface area (Å²) in [6.45, 7) is 6.81. The second-order valence-corrected chi connectivity index (χ2v) is 5.45. The van der Waals surface area contributed by atoms with Gasteiger partial charge in [-0.2, -0.15) is 0 Å². The SMILES string of the molecule is CC(=O)OCC(C)(C)C1OC(C)=[NH+]C1=O.[O-][Cl+3]([O-])([O-])[O-]. The van der Waals surface area contributed by atoms with Crippen molar-refractivity contribution in [2.75, 3.05) is 6.61 Å². The van der Waals surface area contributed by atoms with Crippen LogP contribution in [-0.4, -0.2) is 30.5 Å². The first-order valence-corrected chi connectivity index (χ1v) is 6.62. The summed E-state index contributed by atoms with van der Waals surface area (Å²) in [6, 6.07) is 0. The first kappa shape index (κ1) is 18.7. The topological polar surface area (TPSA) is 159 Å². The van der Waals surface area contributed by atoms with Crippen molar-refractivity contribution in [2.45, 2.75) is 33.8 Å². The van der Waals surface area contributed by atoms with Crippen molar-refractivity contribution in [3.63, 3.8) is 0 Å². The van der Waals surface area contributed by atoms with E-state index in [-0.39, 0.29) is 18.5 Å². The quantitative estimate of drug-likeness (QED) is 0.504. The van der Waals surface area contributed by atoms with E-state index >= 15 is 0 Å². The number of hydrogen-bond acceptors (Lipinski definition) is 8. The summed E-state index contributed by atoms with van der Waals surface area (Å²) in [5.41, 5.74) is -0.534. The van der Waals surface area contributed by atoms with E-state index in [9.17, 15) is 9.59 Å². The fraction of sp³-hybridized carbons (Fsp3) is 0.700. The van der Waals surface area contributed by atoms with Gasteiger partial charge in [-0.1, -0.05) is 13.8 Å². The Kier molecular flexibility index (Phi) is 6.51. The zero-order chi connectivity index (χ0) is 16.1. The highest BCUT2D eigenvalue weighted by Crippen LogP contribution is 2.24. The summed E-state index contributed by atoms with van der Waals surface area (Å²) < 4.78 is 44.2. The van der Waals surface area contributed by atoms with Crippen molar-refractivity contribution in [3.05, 3.63) is 0 Å². The van der Waals surface area contributed by atoms with Gasteiger partial charge in [0.05, 0.1) is 12.3 Å². The fourth-order valence-corrected chi connectivity index (χ4v) is 1.38. The maximum Gasteiger partial charge on any atom is 0.429 e. The molecule has 10 heteroatoms. The molecule has 1 aliphatic heterocycles. The van der Waals surface area contributed by atoms with Crippen molar-refractivity contribution < 1.29 is 52.9 Å². The van der Waals surface area contributed by atoms with Gasteiger partial charge in [0.2, 0.25) is 6.10 Å². The molecular formula is C10H16ClNO8. The Hall–Kier alpha value is -1.26. The summed E-state index contributed by atoms with van der Waals surface area (Å²) in [7, 11) is -4.94. The minimum atomic E-state index is -4.94. The number of amides is 1. The van der Waals surface area contributed by atoms with E-state index in [2.05, 4.69) is 4.99 Å². The van der Waals surface area contributed by atoms with Gasteiger partial charge in [0.1, 0.15) is 6.61 Å². The first-order chi connectivity index (χ1) is 8.83. The van der Waals surface area contributed by atoms with Crippen LogP contribution in [0, 0.1) is 15.7 Å². The highest BCUT2D eigenvalue weighted by atomic mass is 35.7. The lowest BCUT2D eigenvalue weighted by molar-refractivity contribution is -2.00. The summed E-state index contributed by atoms with van der Waals surface area (Å²) in [5.74, 6) is -0.0623. The molecule has 1 aliphatic rings. The van der Waals surface area contributed by atoms with Gasteiger partial charge in [0, 0.05) is 6.92 Å². The lowest BCUT2D eigenvalue weighted by Crippen LogP contribution is -2.75. The van der Waals surface area contributed by atoms with Crippen LogP contribution in [0.5, 0.6) is 0 Å². The monoisotopic (exact) mass is 313 g/mol. The van der Waals surface area contributed by atoms with Crippen LogP contribution in [-0.2, 0) is 19.1 Å². The average molecular weight is 314 g/mol. The molecule has 9 nitrogen and oxygen atoms in total. The molecule has 0 fully saturated rings. The van der Waals surface area contributed by atoms with Crippen molar-refractivity contribution in [1.82, 2.24) is 0 Å². The smallest absolute Gasteiger partial charge is 0.429 e. The molecule has 0 aromatic heterocycles. The van der Waals surface area contributed by atoms with E-state index < -0.39 is 21.8 Å². The number of ether oxygens (including phenoxy) is 2. The molecule has 0 bridgehead atoms.